The summed E-state index contributed by atoms with van der Waals surface area (Å²) in [5.41, 5.74) is 2.06. The minimum absolute atomic E-state index is 0.450. The molecular weight excluding hydrogens is 328 g/mol. The molecule has 0 unspecified atom stereocenters. The monoisotopic (exact) mass is 350 g/mol. The Balaban J connectivity index is 1.65. The SMILES string of the molecule is COc1ccc2c(N3CC(CCN(C)S(N)(=O)=O)C3)ccnc2c1. The molecule has 1 aliphatic heterocycles. The Hall–Kier alpha value is -1.90. The van der Waals surface area contributed by atoms with Gasteiger partial charge in [0.05, 0.1) is 12.6 Å². The summed E-state index contributed by atoms with van der Waals surface area (Å²) in [5, 5.41) is 6.20. The number of nitrogens with zero attached hydrogens (tertiary/aromatic N) is 3. The molecule has 3 rings (SSSR count). The van der Waals surface area contributed by atoms with Gasteiger partial charge in [-0.15, -0.1) is 0 Å². The van der Waals surface area contributed by atoms with Crippen LogP contribution in [0, 0.1) is 5.92 Å². The first kappa shape index (κ1) is 16.9. The van der Waals surface area contributed by atoms with E-state index < -0.39 is 10.2 Å². The van der Waals surface area contributed by atoms with Crippen molar-refractivity contribution < 1.29 is 13.2 Å². The molecule has 2 heterocycles. The smallest absolute Gasteiger partial charge is 0.276 e. The number of pyridine rings is 1. The van der Waals surface area contributed by atoms with E-state index in [4.69, 9.17) is 9.88 Å². The number of ether oxygens (including phenoxy) is 1. The molecule has 1 aromatic carbocycles. The lowest BCUT2D eigenvalue weighted by atomic mass is 9.95. The number of rotatable bonds is 6. The van der Waals surface area contributed by atoms with Gasteiger partial charge in [0, 0.05) is 50.0 Å². The van der Waals surface area contributed by atoms with Crippen LogP contribution in [0.2, 0.25) is 0 Å². The van der Waals surface area contributed by atoms with Gasteiger partial charge in [-0.2, -0.15) is 12.7 Å². The predicted molar refractivity (Wildman–Crippen MR) is 94.4 cm³/mol. The highest BCUT2D eigenvalue weighted by Crippen LogP contribution is 2.33. The van der Waals surface area contributed by atoms with Crippen LogP contribution >= 0.6 is 0 Å². The van der Waals surface area contributed by atoms with Crippen molar-refractivity contribution in [3.05, 3.63) is 30.5 Å². The Bertz CT molecular complexity index is 834. The molecule has 24 heavy (non-hydrogen) atoms. The van der Waals surface area contributed by atoms with Gasteiger partial charge in [-0.1, -0.05) is 0 Å². The summed E-state index contributed by atoms with van der Waals surface area (Å²) in [6.07, 6.45) is 2.61. The van der Waals surface area contributed by atoms with Crippen LogP contribution in [0.3, 0.4) is 0 Å². The van der Waals surface area contributed by atoms with Gasteiger partial charge >= 0.3 is 0 Å². The average molecular weight is 350 g/mol. The third-order valence-electron chi connectivity index (χ3n) is 4.51. The first-order valence-corrected chi connectivity index (χ1v) is 9.30. The molecule has 0 spiro atoms. The lowest BCUT2D eigenvalue weighted by Crippen LogP contribution is -2.48. The average Bonchev–Trinajstić information content (AvgIpc) is 2.51. The zero-order valence-electron chi connectivity index (χ0n) is 13.8. The van der Waals surface area contributed by atoms with Crippen molar-refractivity contribution in [3.63, 3.8) is 0 Å². The van der Waals surface area contributed by atoms with E-state index in [1.165, 1.54) is 11.4 Å². The number of aromatic nitrogens is 1. The largest absolute Gasteiger partial charge is 0.497 e. The molecule has 1 saturated heterocycles. The molecule has 0 aliphatic carbocycles. The predicted octanol–water partition coefficient (Wildman–Crippen LogP) is 1.20. The van der Waals surface area contributed by atoms with Crippen LogP contribution in [-0.2, 0) is 10.2 Å². The van der Waals surface area contributed by atoms with Crippen LogP contribution in [0.15, 0.2) is 30.5 Å². The minimum Gasteiger partial charge on any atom is -0.497 e. The molecule has 0 bridgehead atoms. The van der Waals surface area contributed by atoms with E-state index in [0.29, 0.717) is 12.5 Å². The van der Waals surface area contributed by atoms with Crippen LogP contribution in [0.1, 0.15) is 6.42 Å². The fraction of sp³-hybridized carbons (Fsp3) is 0.438. The van der Waals surface area contributed by atoms with Crippen LogP contribution in [0.5, 0.6) is 5.75 Å². The summed E-state index contributed by atoms with van der Waals surface area (Å²) < 4.78 is 28.9. The van der Waals surface area contributed by atoms with Crippen molar-refractivity contribution in [1.29, 1.82) is 0 Å². The van der Waals surface area contributed by atoms with E-state index in [9.17, 15) is 8.42 Å². The van der Waals surface area contributed by atoms with Crippen LogP contribution in [-0.4, -0.2) is 51.5 Å². The van der Waals surface area contributed by atoms with E-state index in [2.05, 4.69) is 9.88 Å². The number of fused-ring (bicyclic) bond motifs is 1. The first-order chi connectivity index (χ1) is 11.4. The zero-order chi connectivity index (χ0) is 17.3. The summed E-state index contributed by atoms with van der Waals surface area (Å²) >= 11 is 0. The second kappa shape index (κ2) is 6.54. The van der Waals surface area contributed by atoms with Crippen LogP contribution < -0.4 is 14.8 Å². The number of methoxy groups -OCH3 is 1. The van der Waals surface area contributed by atoms with Crippen molar-refractivity contribution in [2.45, 2.75) is 6.42 Å². The topological polar surface area (TPSA) is 88.8 Å². The normalized spacial score (nSPS) is 15.8. The lowest BCUT2D eigenvalue weighted by Gasteiger charge is -2.42. The Morgan fingerprint density at radius 3 is 2.79 bits per heavy atom. The maximum absolute atomic E-state index is 11.2. The number of hydrogen-bond acceptors (Lipinski definition) is 5. The Kier molecular flexibility index (Phi) is 4.62. The highest BCUT2D eigenvalue weighted by atomic mass is 32.2. The molecule has 0 saturated carbocycles. The molecule has 130 valence electrons. The van der Waals surface area contributed by atoms with Crippen molar-refractivity contribution in [2.75, 3.05) is 38.7 Å². The van der Waals surface area contributed by atoms with Crippen molar-refractivity contribution in [2.24, 2.45) is 11.1 Å². The lowest BCUT2D eigenvalue weighted by molar-refractivity contribution is 0.345. The Morgan fingerprint density at radius 2 is 2.12 bits per heavy atom. The van der Waals surface area contributed by atoms with Gasteiger partial charge in [0.25, 0.3) is 10.2 Å². The van der Waals surface area contributed by atoms with Gasteiger partial charge in [0.1, 0.15) is 5.75 Å². The zero-order valence-corrected chi connectivity index (χ0v) is 14.7. The third kappa shape index (κ3) is 3.45. The van der Waals surface area contributed by atoms with E-state index in [1.807, 2.05) is 24.3 Å². The molecule has 1 aromatic heterocycles. The fourth-order valence-electron chi connectivity index (χ4n) is 2.96. The van der Waals surface area contributed by atoms with E-state index in [-0.39, 0.29) is 0 Å². The van der Waals surface area contributed by atoms with Gasteiger partial charge in [0.15, 0.2) is 0 Å². The molecule has 2 N–H and O–H groups in total. The summed E-state index contributed by atoms with van der Waals surface area (Å²) in [6.45, 7) is 2.26. The van der Waals surface area contributed by atoms with E-state index in [1.54, 1.807) is 13.3 Å². The first-order valence-electron chi connectivity index (χ1n) is 7.80. The summed E-state index contributed by atoms with van der Waals surface area (Å²) in [7, 11) is -0.432. The molecule has 0 atom stereocenters. The maximum Gasteiger partial charge on any atom is 0.276 e. The molecule has 0 radical (unpaired) electrons. The number of nitrogens with two attached hydrogens (primary N) is 1. The van der Waals surface area contributed by atoms with Crippen LogP contribution in [0.4, 0.5) is 5.69 Å². The summed E-state index contributed by atoms with van der Waals surface area (Å²) in [6, 6.07) is 7.91. The van der Waals surface area contributed by atoms with E-state index in [0.717, 1.165) is 41.9 Å². The van der Waals surface area contributed by atoms with E-state index >= 15 is 0 Å². The standard InChI is InChI=1S/C16H22N4O3S/c1-19(24(17,21)22)8-6-12-10-20(11-12)16-5-7-18-15-9-13(23-2)3-4-14(15)16/h3-5,7,9,12H,6,8,10-11H2,1-2H3,(H2,17,21,22). The van der Waals surface area contributed by atoms with Crippen molar-refractivity contribution >= 4 is 26.8 Å². The number of anilines is 1. The molecule has 0 amide bonds. The molecular formula is C16H22N4O3S. The van der Waals surface area contributed by atoms with Gasteiger partial charge < -0.3 is 9.64 Å². The van der Waals surface area contributed by atoms with Gasteiger partial charge in [-0.05, 0) is 30.5 Å². The molecule has 1 fully saturated rings. The molecule has 8 heteroatoms. The minimum atomic E-state index is -3.58. The van der Waals surface area contributed by atoms with Gasteiger partial charge in [-0.25, -0.2) is 5.14 Å². The summed E-state index contributed by atoms with van der Waals surface area (Å²) in [4.78, 5) is 6.69. The highest BCUT2D eigenvalue weighted by molar-refractivity contribution is 7.86. The van der Waals surface area contributed by atoms with Crippen molar-refractivity contribution in [1.82, 2.24) is 9.29 Å². The Labute approximate surface area is 142 Å². The highest BCUT2D eigenvalue weighted by Gasteiger charge is 2.28. The second-order valence-corrected chi connectivity index (χ2v) is 7.79. The summed E-state index contributed by atoms with van der Waals surface area (Å²) in [5.74, 6) is 1.26. The molecule has 7 nitrogen and oxygen atoms in total. The fourth-order valence-corrected chi connectivity index (χ4v) is 3.32. The number of benzene rings is 1. The third-order valence-corrected chi connectivity index (χ3v) is 5.56. The molecule has 2 aromatic rings. The second-order valence-electron chi connectivity index (χ2n) is 6.14. The Morgan fingerprint density at radius 1 is 1.38 bits per heavy atom. The van der Waals surface area contributed by atoms with Gasteiger partial charge in [-0.3, -0.25) is 4.98 Å². The maximum atomic E-state index is 11.2. The number of hydrogen-bond donors (Lipinski definition) is 1. The quantitative estimate of drug-likeness (QED) is 0.846. The van der Waals surface area contributed by atoms with Crippen molar-refractivity contribution in [3.8, 4) is 5.75 Å². The van der Waals surface area contributed by atoms with Crippen LogP contribution in [0.25, 0.3) is 10.9 Å². The van der Waals surface area contributed by atoms with Gasteiger partial charge in [0.2, 0.25) is 0 Å². The molecule has 1 aliphatic rings.